The van der Waals surface area contributed by atoms with Gasteiger partial charge in [0.2, 0.25) is 0 Å². The second-order valence-electron chi connectivity index (χ2n) is 6.55. The second kappa shape index (κ2) is 7.06. The lowest BCUT2D eigenvalue weighted by Gasteiger charge is -2.17. The number of benzene rings is 1. The van der Waals surface area contributed by atoms with Gasteiger partial charge in [-0.15, -0.1) is 0 Å². The van der Waals surface area contributed by atoms with Crippen LogP contribution >= 0.6 is 0 Å². The number of nitrogens with one attached hydrogen (secondary N) is 2. The predicted molar refractivity (Wildman–Crippen MR) is 96.2 cm³/mol. The summed E-state index contributed by atoms with van der Waals surface area (Å²) in [5.74, 6) is 0.762. The molecule has 0 aliphatic carbocycles. The van der Waals surface area contributed by atoms with E-state index in [4.69, 9.17) is 4.42 Å². The third kappa shape index (κ3) is 3.46. The molecule has 1 aliphatic heterocycles. The van der Waals surface area contributed by atoms with Gasteiger partial charge in [0.25, 0.3) is 11.8 Å². The molecule has 0 unspecified atom stereocenters. The minimum atomic E-state index is -0.288. The first-order valence-corrected chi connectivity index (χ1v) is 8.68. The minimum Gasteiger partial charge on any atom is -0.472 e. The van der Waals surface area contributed by atoms with Crippen molar-refractivity contribution in [2.75, 3.05) is 13.1 Å². The van der Waals surface area contributed by atoms with Gasteiger partial charge in [0.15, 0.2) is 5.82 Å². The monoisotopic (exact) mass is 365 g/mol. The first-order chi connectivity index (χ1) is 13.1. The van der Waals surface area contributed by atoms with Crippen LogP contribution in [0.2, 0.25) is 0 Å². The molecule has 0 radical (unpaired) electrons. The fraction of sp³-hybridized carbons (Fsp3) is 0.263. The Morgan fingerprint density at radius 3 is 2.67 bits per heavy atom. The largest absolute Gasteiger partial charge is 0.472 e. The van der Waals surface area contributed by atoms with Crippen molar-refractivity contribution in [1.29, 1.82) is 0 Å². The van der Waals surface area contributed by atoms with Crippen molar-refractivity contribution in [1.82, 2.24) is 25.4 Å². The summed E-state index contributed by atoms with van der Waals surface area (Å²) in [7, 11) is 0. The zero-order valence-electron chi connectivity index (χ0n) is 14.8. The van der Waals surface area contributed by atoms with Crippen LogP contribution in [0.1, 0.15) is 38.3 Å². The lowest BCUT2D eigenvalue weighted by molar-refractivity contribution is 0.0781. The van der Waals surface area contributed by atoms with Gasteiger partial charge in [0.1, 0.15) is 12.1 Å². The van der Waals surface area contributed by atoms with E-state index in [2.05, 4.69) is 20.5 Å². The molecule has 3 aromatic rings. The number of rotatable bonds is 4. The molecule has 2 amide bonds. The number of likely N-dealkylation sites (tertiary alicyclic amines) is 1. The van der Waals surface area contributed by atoms with E-state index in [1.807, 2.05) is 25.1 Å². The third-order valence-corrected chi connectivity index (χ3v) is 4.67. The molecule has 8 heteroatoms. The van der Waals surface area contributed by atoms with Crippen LogP contribution in [0.15, 0.2) is 53.3 Å². The van der Waals surface area contributed by atoms with Crippen LogP contribution < -0.4 is 5.32 Å². The van der Waals surface area contributed by atoms with Gasteiger partial charge in [-0.1, -0.05) is 18.2 Å². The highest BCUT2D eigenvalue weighted by atomic mass is 16.3. The van der Waals surface area contributed by atoms with E-state index in [-0.39, 0.29) is 23.8 Å². The molecule has 1 aromatic carbocycles. The van der Waals surface area contributed by atoms with E-state index in [1.165, 1.54) is 12.5 Å². The number of aromatic nitrogens is 3. The zero-order chi connectivity index (χ0) is 18.8. The number of hydrogen-bond acceptors (Lipinski definition) is 5. The topological polar surface area (TPSA) is 104 Å². The predicted octanol–water partition coefficient (Wildman–Crippen LogP) is 1.74. The van der Waals surface area contributed by atoms with Gasteiger partial charge in [-0.3, -0.25) is 14.7 Å². The summed E-state index contributed by atoms with van der Waals surface area (Å²) in [6.45, 7) is 2.61. The van der Waals surface area contributed by atoms with Crippen molar-refractivity contribution in [3.05, 3.63) is 71.7 Å². The first-order valence-electron chi connectivity index (χ1n) is 8.68. The fourth-order valence-corrected chi connectivity index (χ4v) is 3.31. The molecule has 27 heavy (non-hydrogen) atoms. The first kappa shape index (κ1) is 17.0. The Morgan fingerprint density at radius 2 is 2.00 bits per heavy atom. The molecule has 2 N–H and O–H groups in total. The summed E-state index contributed by atoms with van der Waals surface area (Å²) >= 11 is 0. The Balaban J connectivity index is 1.56. The molecule has 4 rings (SSSR count). The van der Waals surface area contributed by atoms with E-state index in [9.17, 15) is 9.59 Å². The number of carbonyl (C=O) groups is 2. The van der Waals surface area contributed by atoms with Gasteiger partial charge >= 0.3 is 0 Å². The van der Waals surface area contributed by atoms with Gasteiger partial charge in [-0.2, -0.15) is 5.10 Å². The summed E-state index contributed by atoms with van der Waals surface area (Å²) in [6, 6.07) is 10.3. The second-order valence-corrected chi connectivity index (χ2v) is 6.55. The molecule has 2 aromatic heterocycles. The molecular formula is C19H19N5O3. The summed E-state index contributed by atoms with van der Waals surface area (Å²) in [6.07, 6.45) is 2.89. The van der Waals surface area contributed by atoms with Gasteiger partial charge in [-0.05, 0) is 25.1 Å². The number of aryl methyl sites for hydroxylation is 1. The van der Waals surface area contributed by atoms with E-state index in [0.717, 1.165) is 0 Å². The maximum absolute atomic E-state index is 12.7. The number of carbonyl (C=O) groups excluding carboxylic acids is 2. The van der Waals surface area contributed by atoms with Gasteiger partial charge in [0.05, 0.1) is 23.8 Å². The quantitative estimate of drug-likeness (QED) is 0.733. The molecular weight excluding hydrogens is 346 g/mol. The maximum Gasteiger partial charge on any atom is 0.257 e. The molecule has 3 heterocycles. The SMILES string of the molecule is Cc1nc([C@@H]2CN(C(=O)c3ccoc3)C[C@H]2NC(=O)c2ccccc2)n[nH]1. The smallest absolute Gasteiger partial charge is 0.257 e. The molecule has 1 fully saturated rings. The van der Waals surface area contributed by atoms with Crippen molar-refractivity contribution in [3.8, 4) is 0 Å². The standard InChI is InChI=1S/C19H19N5O3/c1-12-20-17(23-22-12)15-9-24(19(26)14-7-8-27-11-14)10-16(15)21-18(25)13-5-3-2-4-6-13/h2-8,11,15-16H,9-10H2,1H3,(H,21,25)(H,20,22,23)/t15-,16-/m1/s1. The maximum atomic E-state index is 12.7. The van der Waals surface area contributed by atoms with Crippen LogP contribution in [0.25, 0.3) is 0 Å². The summed E-state index contributed by atoms with van der Waals surface area (Å²) < 4.78 is 5.01. The number of H-pyrrole nitrogens is 1. The Morgan fingerprint density at radius 1 is 1.19 bits per heavy atom. The summed E-state index contributed by atoms with van der Waals surface area (Å²) in [5.41, 5.74) is 1.05. The Bertz CT molecular complexity index is 935. The summed E-state index contributed by atoms with van der Waals surface area (Å²) in [5, 5.41) is 10.1. The van der Waals surface area contributed by atoms with E-state index in [0.29, 0.717) is 35.9 Å². The van der Waals surface area contributed by atoms with Crippen molar-refractivity contribution < 1.29 is 14.0 Å². The van der Waals surface area contributed by atoms with Crippen molar-refractivity contribution in [2.24, 2.45) is 0 Å². The van der Waals surface area contributed by atoms with Crippen LogP contribution in [0, 0.1) is 6.92 Å². The molecule has 8 nitrogen and oxygen atoms in total. The van der Waals surface area contributed by atoms with Gasteiger partial charge in [0, 0.05) is 18.7 Å². The Hall–Kier alpha value is -3.42. The van der Waals surface area contributed by atoms with E-state index < -0.39 is 0 Å². The number of furan rings is 1. The molecule has 0 spiro atoms. The molecule has 0 bridgehead atoms. The zero-order valence-corrected chi connectivity index (χ0v) is 14.8. The summed E-state index contributed by atoms with van der Waals surface area (Å²) in [4.78, 5) is 31.4. The highest BCUT2D eigenvalue weighted by molar-refractivity contribution is 5.95. The molecule has 0 saturated carbocycles. The van der Waals surface area contributed by atoms with Crippen molar-refractivity contribution in [3.63, 3.8) is 0 Å². The fourth-order valence-electron chi connectivity index (χ4n) is 3.31. The molecule has 2 atom stereocenters. The van der Waals surface area contributed by atoms with Gasteiger partial charge in [-0.25, -0.2) is 4.98 Å². The van der Waals surface area contributed by atoms with Crippen LogP contribution in [-0.4, -0.2) is 51.0 Å². The van der Waals surface area contributed by atoms with Crippen LogP contribution in [0.4, 0.5) is 0 Å². The molecule has 1 aliphatic rings. The lowest BCUT2D eigenvalue weighted by Crippen LogP contribution is -2.40. The lowest BCUT2D eigenvalue weighted by atomic mass is 10.0. The number of nitrogens with zero attached hydrogens (tertiary/aromatic N) is 3. The Kier molecular flexibility index (Phi) is 4.45. The highest BCUT2D eigenvalue weighted by Gasteiger charge is 2.39. The van der Waals surface area contributed by atoms with Crippen LogP contribution in [-0.2, 0) is 0 Å². The van der Waals surface area contributed by atoms with Crippen LogP contribution in [0.5, 0.6) is 0 Å². The number of hydrogen-bond donors (Lipinski definition) is 2. The average molecular weight is 365 g/mol. The van der Waals surface area contributed by atoms with Crippen molar-refractivity contribution in [2.45, 2.75) is 18.9 Å². The minimum absolute atomic E-state index is 0.141. The van der Waals surface area contributed by atoms with Gasteiger partial charge < -0.3 is 14.6 Å². The molecule has 138 valence electrons. The third-order valence-electron chi connectivity index (χ3n) is 4.67. The Labute approximate surface area is 155 Å². The van der Waals surface area contributed by atoms with E-state index in [1.54, 1.807) is 23.1 Å². The molecule has 1 saturated heterocycles. The number of aromatic amines is 1. The average Bonchev–Trinajstić information content (AvgIpc) is 3.42. The van der Waals surface area contributed by atoms with Crippen LogP contribution in [0.3, 0.4) is 0 Å². The number of amides is 2. The van der Waals surface area contributed by atoms with Crippen molar-refractivity contribution >= 4 is 11.8 Å². The van der Waals surface area contributed by atoms with E-state index >= 15 is 0 Å². The highest BCUT2D eigenvalue weighted by Crippen LogP contribution is 2.27. The normalized spacial score (nSPS) is 19.2.